The molecule has 0 heterocycles. The zero-order valence-electron chi connectivity index (χ0n) is 17.0. The van der Waals surface area contributed by atoms with E-state index in [2.05, 4.69) is 0 Å². The molecule has 0 aliphatic carbocycles. The van der Waals surface area contributed by atoms with Crippen LogP contribution in [0.15, 0.2) is 0 Å². The number of aliphatic hydroxyl groups is 1. The van der Waals surface area contributed by atoms with E-state index in [4.69, 9.17) is 18.0 Å². The molecule has 0 aromatic carbocycles. The van der Waals surface area contributed by atoms with Gasteiger partial charge in [-0.05, 0) is 26.0 Å². The van der Waals surface area contributed by atoms with Crippen molar-refractivity contribution < 1.29 is 32.4 Å². The summed E-state index contributed by atoms with van der Waals surface area (Å²) in [4.78, 5) is 12.3. The Balaban J connectivity index is 4.21. The molecule has 1 atom stereocenters. The van der Waals surface area contributed by atoms with Crippen molar-refractivity contribution in [3.8, 4) is 0 Å². The Morgan fingerprint density at radius 3 is 2.12 bits per heavy atom. The van der Waals surface area contributed by atoms with E-state index in [1.807, 2.05) is 35.0 Å². The van der Waals surface area contributed by atoms with Gasteiger partial charge in [-0.25, -0.2) is 0 Å². The third-order valence-corrected chi connectivity index (χ3v) is 8.31. The fourth-order valence-corrected chi connectivity index (χ4v) is 5.00. The topological polar surface area (TPSA) is 74.2 Å². The monoisotopic (exact) mass is 398 g/mol. The first-order valence-electron chi connectivity index (χ1n) is 8.33. The van der Waals surface area contributed by atoms with E-state index in [0.717, 1.165) is 18.2 Å². The van der Waals surface area contributed by atoms with Crippen LogP contribution in [0.5, 0.6) is 0 Å². The molecule has 0 fully saturated rings. The Morgan fingerprint density at radius 2 is 1.68 bits per heavy atom. The number of carbonyl (C=O) groups excluding carboxylic acids is 1. The van der Waals surface area contributed by atoms with Crippen LogP contribution >= 0.6 is 11.8 Å². The molecule has 0 aromatic rings. The minimum absolute atomic E-state index is 0.0000660. The van der Waals surface area contributed by atoms with Gasteiger partial charge in [0, 0.05) is 33.1 Å². The van der Waals surface area contributed by atoms with Gasteiger partial charge in [-0.15, -0.1) is 0 Å². The summed E-state index contributed by atoms with van der Waals surface area (Å²) >= 11 is 1.69. The van der Waals surface area contributed by atoms with Gasteiger partial charge in [0.1, 0.15) is 0 Å². The molecule has 0 bridgehead atoms. The predicted molar refractivity (Wildman–Crippen MR) is 102 cm³/mol. The lowest BCUT2D eigenvalue weighted by molar-refractivity contribution is -0.919. The van der Waals surface area contributed by atoms with Gasteiger partial charge in [-0.3, -0.25) is 4.79 Å². The van der Waals surface area contributed by atoms with Crippen LogP contribution in [-0.4, -0.2) is 91.2 Å². The lowest BCUT2D eigenvalue weighted by atomic mass is 9.97. The Hall–Kier alpha value is -0.163. The zero-order chi connectivity index (χ0) is 19.7. The molecular formula is C16H36NO6SSi+. The number of hydrogen-bond donors (Lipinski definition) is 1. The van der Waals surface area contributed by atoms with E-state index in [1.54, 1.807) is 33.1 Å². The van der Waals surface area contributed by atoms with E-state index < -0.39 is 20.4 Å². The number of nitrogens with zero attached hydrogens (tertiary/aromatic N) is 1. The number of quaternary nitrogens is 1. The lowest BCUT2D eigenvalue weighted by Crippen LogP contribution is -2.48. The molecular weight excluding hydrogens is 362 g/mol. The number of rotatable bonds is 13. The molecule has 0 aliphatic rings. The maximum Gasteiger partial charge on any atom is 0.500 e. The SMILES string of the molecule is CO[Si](CCCSCC(C)(C)C(=O)OCC(O)[N+](C)(C)C)(OC)OC. The summed E-state index contributed by atoms with van der Waals surface area (Å²) in [6.07, 6.45) is 0.153. The Kier molecular flexibility index (Phi) is 10.8. The summed E-state index contributed by atoms with van der Waals surface area (Å²) in [7, 11) is 7.86. The number of thioether (sulfide) groups is 1. The summed E-state index contributed by atoms with van der Waals surface area (Å²) in [5.41, 5.74) is -0.604. The first-order valence-corrected chi connectivity index (χ1v) is 11.4. The number of likely N-dealkylation sites (N-methyl/N-ethyl adjacent to an activating group) is 1. The fraction of sp³-hybridized carbons (Fsp3) is 0.938. The van der Waals surface area contributed by atoms with E-state index >= 15 is 0 Å². The van der Waals surface area contributed by atoms with Crippen LogP contribution in [0.4, 0.5) is 0 Å². The molecule has 0 saturated carbocycles. The molecule has 0 radical (unpaired) electrons. The highest BCUT2D eigenvalue weighted by Gasteiger charge is 2.37. The van der Waals surface area contributed by atoms with Gasteiger partial charge in [0.25, 0.3) is 0 Å². The number of hydrogen-bond acceptors (Lipinski definition) is 7. The molecule has 0 aromatic heterocycles. The molecule has 0 amide bonds. The molecule has 25 heavy (non-hydrogen) atoms. The molecule has 1 unspecified atom stereocenters. The van der Waals surface area contributed by atoms with Crippen LogP contribution in [0.25, 0.3) is 0 Å². The third-order valence-electron chi connectivity index (χ3n) is 3.98. The van der Waals surface area contributed by atoms with E-state index in [1.165, 1.54) is 0 Å². The largest absolute Gasteiger partial charge is 0.500 e. The van der Waals surface area contributed by atoms with Crippen molar-refractivity contribution in [1.82, 2.24) is 0 Å². The summed E-state index contributed by atoms with van der Waals surface area (Å²) in [6.45, 7) is 3.72. The first kappa shape index (κ1) is 24.8. The van der Waals surface area contributed by atoms with Gasteiger partial charge in [-0.2, -0.15) is 11.8 Å². The van der Waals surface area contributed by atoms with Crippen molar-refractivity contribution in [1.29, 1.82) is 0 Å². The molecule has 0 spiro atoms. The highest BCUT2D eigenvalue weighted by molar-refractivity contribution is 7.99. The van der Waals surface area contributed by atoms with Crippen LogP contribution in [0.3, 0.4) is 0 Å². The maximum absolute atomic E-state index is 12.3. The number of carbonyl (C=O) groups is 1. The number of ether oxygens (including phenoxy) is 1. The van der Waals surface area contributed by atoms with Crippen molar-refractivity contribution in [2.45, 2.75) is 32.5 Å². The Labute approximate surface area is 157 Å². The average Bonchev–Trinajstić information content (AvgIpc) is 2.55. The molecule has 0 rings (SSSR count). The third kappa shape index (κ3) is 8.85. The average molecular weight is 399 g/mol. The van der Waals surface area contributed by atoms with Crippen molar-refractivity contribution in [3.63, 3.8) is 0 Å². The molecule has 0 aliphatic heterocycles. The minimum Gasteiger partial charge on any atom is -0.456 e. The van der Waals surface area contributed by atoms with Crippen LogP contribution in [-0.2, 0) is 22.8 Å². The summed E-state index contributed by atoms with van der Waals surface area (Å²) < 4.78 is 21.8. The summed E-state index contributed by atoms with van der Waals surface area (Å²) in [5, 5.41) is 9.95. The van der Waals surface area contributed by atoms with Crippen molar-refractivity contribution in [3.05, 3.63) is 0 Å². The van der Waals surface area contributed by atoms with Gasteiger partial charge >= 0.3 is 14.8 Å². The highest BCUT2D eigenvalue weighted by Crippen LogP contribution is 2.25. The van der Waals surface area contributed by atoms with Crippen molar-refractivity contribution in [2.75, 3.05) is 60.6 Å². The van der Waals surface area contributed by atoms with Crippen molar-refractivity contribution in [2.24, 2.45) is 5.41 Å². The van der Waals surface area contributed by atoms with Gasteiger partial charge in [-0.1, -0.05) is 0 Å². The van der Waals surface area contributed by atoms with Gasteiger partial charge in [0.2, 0.25) is 6.23 Å². The normalized spacial score (nSPS) is 14.4. The molecule has 7 nitrogen and oxygen atoms in total. The molecule has 0 saturated heterocycles. The minimum atomic E-state index is -2.51. The fourth-order valence-electron chi connectivity index (χ4n) is 1.90. The second-order valence-corrected chi connectivity index (χ2v) is 11.7. The van der Waals surface area contributed by atoms with Crippen LogP contribution < -0.4 is 0 Å². The quantitative estimate of drug-likeness (QED) is 0.166. The van der Waals surface area contributed by atoms with E-state index in [9.17, 15) is 9.90 Å². The Morgan fingerprint density at radius 1 is 1.16 bits per heavy atom. The number of aliphatic hydroxyl groups excluding tert-OH is 1. The van der Waals surface area contributed by atoms with Crippen LogP contribution in [0, 0.1) is 5.41 Å². The zero-order valence-corrected chi connectivity index (χ0v) is 18.8. The first-order chi connectivity index (χ1) is 11.4. The predicted octanol–water partition coefficient (Wildman–Crippen LogP) is 1.58. The second-order valence-electron chi connectivity index (χ2n) is 7.53. The van der Waals surface area contributed by atoms with Crippen molar-refractivity contribution >= 4 is 26.5 Å². The second kappa shape index (κ2) is 10.9. The number of esters is 1. The highest BCUT2D eigenvalue weighted by atomic mass is 32.2. The van der Waals surface area contributed by atoms with E-state index in [-0.39, 0.29) is 12.6 Å². The molecule has 1 N–H and O–H groups in total. The Bertz CT molecular complexity index is 390. The van der Waals surface area contributed by atoms with Crippen LogP contribution in [0.1, 0.15) is 20.3 Å². The van der Waals surface area contributed by atoms with Gasteiger partial charge < -0.3 is 27.6 Å². The van der Waals surface area contributed by atoms with Gasteiger partial charge in [0.05, 0.1) is 26.6 Å². The molecule has 9 heteroatoms. The smallest absolute Gasteiger partial charge is 0.456 e. The summed E-state index contributed by atoms with van der Waals surface area (Å²) in [5.74, 6) is 1.23. The van der Waals surface area contributed by atoms with E-state index in [0.29, 0.717) is 10.2 Å². The summed E-state index contributed by atoms with van der Waals surface area (Å²) in [6, 6.07) is 0.740. The molecule has 150 valence electrons. The maximum atomic E-state index is 12.3. The van der Waals surface area contributed by atoms with Crippen LogP contribution in [0.2, 0.25) is 6.04 Å². The van der Waals surface area contributed by atoms with Gasteiger partial charge in [0.15, 0.2) is 6.61 Å². The standard InChI is InChI=1S/C16H36NO6SSi/c1-16(2,15(19)23-12-14(18)17(3,4)5)13-24-10-9-11-25(20-6,21-7)22-8/h14,18H,9-13H2,1-8H3/q+1. The lowest BCUT2D eigenvalue weighted by Gasteiger charge is -2.30.